The van der Waals surface area contributed by atoms with Gasteiger partial charge in [0.1, 0.15) is 0 Å². The fraction of sp³-hybridized carbons (Fsp3) is 0.500. The summed E-state index contributed by atoms with van der Waals surface area (Å²) in [5.74, 6) is -0.968. The van der Waals surface area contributed by atoms with Gasteiger partial charge in [-0.05, 0) is 0 Å². The monoisotopic (exact) mass is 133 g/mol. The first-order valence-electron chi connectivity index (χ1n) is 1.19. The summed E-state index contributed by atoms with van der Waals surface area (Å²) >= 11 is 0. The molecule has 0 aromatic heterocycles. The van der Waals surface area contributed by atoms with Gasteiger partial charge >= 0.3 is 57.4 Å². The normalized spacial score (nSPS) is 5.29. The van der Waals surface area contributed by atoms with Crippen LogP contribution in [0.25, 0.3) is 0 Å². The van der Waals surface area contributed by atoms with Gasteiger partial charge in [0.15, 0.2) is 0 Å². The summed E-state index contributed by atoms with van der Waals surface area (Å²) < 4.78 is 0. The molecule has 0 saturated carbocycles. The molecule has 0 heterocycles. The van der Waals surface area contributed by atoms with Crippen LogP contribution in [0.1, 0.15) is 0 Å². The van der Waals surface area contributed by atoms with Gasteiger partial charge in [-0.2, -0.15) is 0 Å². The number of aliphatic carboxylic acids is 1. The van der Waals surface area contributed by atoms with E-state index in [2.05, 4.69) is 5.73 Å². The second-order valence-electron chi connectivity index (χ2n) is 0.598. The van der Waals surface area contributed by atoms with Crippen LogP contribution in [0.3, 0.4) is 0 Å². The molecule has 0 aliphatic rings. The molecule has 38 valence electrons. The Morgan fingerprint density at radius 2 is 1.86 bits per heavy atom. The molecule has 0 spiro atoms. The molecule has 0 amide bonds. The van der Waals surface area contributed by atoms with Crippen LogP contribution in [0.15, 0.2) is 0 Å². The van der Waals surface area contributed by atoms with Crippen molar-refractivity contribution < 1.29 is 66.0 Å². The fourth-order valence-electron chi connectivity index (χ4n) is 0. The summed E-state index contributed by atoms with van der Waals surface area (Å²) in [5.41, 5.74) is 4.57. The summed E-state index contributed by atoms with van der Waals surface area (Å²) in [7, 11) is 0. The van der Waals surface area contributed by atoms with Gasteiger partial charge in [-0.15, -0.1) is 0 Å². The van der Waals surface area contributed by atoms with Crippen LogP contribution in [0.5, 0.6) is 0 Å². The van der Waals surface area contributed by atoms with Gasteiger partial charge in [-0.25, -0.2) is 0 Å². The SMILES string of the molecule is NCC(=O)O.[F-].[K+]. The summed E-state index contributed by atoms with van der Waals surface area (Å²) in [6.07, 6.45) is 0. The maximum atomic E-state index is 9.24. The van der Waals surface area contributed by atoms with E-state index < -0.39 is 5.97 Å². The smallest absolute Gasteiger partial charge is 1.00 e. The predicted octanol–water partition coefficient (Wildman–Crippen LogP) is -6.96. The Hall–Kier alpha value is 0.996. The average Bonchev–Trinajstić information content (AvgIpc) is 1.38. The minimum Gasteiger partial charge on any atom is -1.00 e. The third-order valence-corrected chi connectivity index (χ3v) is 0.175. The minimum absolute atomic E-state index is 0. The van der Waals surface area contributed by atoms with Gasteiger partial charge in [0.2, 0.25) is 0 Å². The van der Waals surface area contributed by atoms with E-state index in [9.17, 15) is 4.79 Å². The summed E-state index contributed by atoms with van der Waals surface area (Å²) in [4.78, 5) is 9.24. The van der Waals surface area contributed by atoms with Crippen molar-refractivity contribution in [2.24, 2.45) is 5.73 Å². The quantitative estimate of drug-likeness (QED) is 0.349. The average molecular weight is 133 g/mol. The van der Waals surface area contributed by atoms with Crippen molar-refractivity contribution in [1.29, 1.82) is 0 Å². The number of halogens is 1. The van der Waals surface area contributed by atoms with Crippen LogP contribution >= 0.6 is 0 Å². The van der Waals surface area contributed by atoms with E-state index in [1.807, 2.05) is 0 Å². The molecule has 0 rings (SSSR count). The molecular formula is C2H5FKNO2. The molecule has 0 unspecified atom stereocenters. The number of carbonyl (C=O) groups is 1. The zero-order valence-corrected chi connectivity index (χ0v) is 7.14. The molecule has 3 N–H and O–H groups in total. The maximum absolute atomic E-state index is 9.24. The molecule has 5 heteroatoms. The van der Waals surface area contributed by atoms with Crippen molar-refractivity contribution in [2.75, 3.05) is 6.54 Å². The van der Waals surface area contributed by atoms with Crippen molar-refractivity contribution >= 4 is 5.97 Å². The van der Waals surface area contributed by atoms with Crippen molar-refractivity contribution in [3.05, 3.63) is 0 Å². The van der Waals surface area contributed by atoms with Crippen molar-refractivity contribution in [2.45, 2.75) is 0 Å². The first kappa shape index (κ1) is 15.7. The summed E-state index contributed by atoms with van der Waals surface area (Å²) in [6.45, 7) is -0.278. The van der Waals surface area contributed by atoms with E-state index in [-0.39, 0.29) is 62.6 Å². The molecule has 0 atom stereocenters. The zero-order chi connectivity index (χ0) is 4.28. The number of nitrogens with two attached hydrogens (primary N) is 1. The number of hydrogen-bond acceptors (Lipinski definition) is 2. The van der Waals surface area contributed by atoms with Gasteiger partial charge in [0.25, 0.3) is 0 Å². The number of carboxylic acid groups (broad SMARTS) is 1. The van der Waals surface area contributed by atoms with Crippen LogP contribution in [0, 0.1) is 0 Å². The van der Waals surface area contributed by atoms with Gasteiger partial charge in [0.05, 0.1) is 6.54 Å². The Bertz CT molecular complexity index is 51.0. The Labute approximate surface area is 83.1 Å². The Balaban J connectivity index is -0.0000000800. The molecule has 0 aromatic rings. The number of hydrogen-bond donors (Lipinski definition) is 2. The molecule has 0 fully saturated rings. The van der Waals surface area contributed by atoms with Crippen molar-refractivity contribution in [1.82, 2.24) is 0 Å². The third-order valence-electron chi connectivity index (χ3n) is 0.175. The van der Waals surface area contributed by atoms with Crippen LogP contribution in [0.4, 0.5) is 0 Å². The van der Waals surface area contributed by atoms with Crippen LogP contribution in [-0.2, 0) is 4.79 Å². The molecule has 0 aliphatic heterocycles. The van der Waals surface area contributed by atoms with Gasteiger partial charge in [-0.1, -0.05) is 0 Å². The largest absolute Gasteiger partial charge is 1.00 e. The van der Waals surface area contributed by atoms with Crippen molar-refractivity contribution in [3.63, 3.8) is 0 Å². The molecule has 0 bridgehead atoms. The molecule has 3 nitrogen and oxygen atoms in total. The molecular weight excluding hydrogens is 128 g/mol. The van der Waals surface area contributed by atoms with Crippen LogP contribution < -0.4 is 61.8 Å². The minimum atomic E-state index is -0.968. The van der Waals surface area contributed by atoms with E-state index in [4.69, 9.17) is 5.11 Å². The molecule has 0 aliphatic carbocycles. The maximum Gasteiger partial charge on any atom is 1.00 e. The second kappa shape index (κ2) is 10.1. The molecule has 0 radical (unpaired) electrons. The predicted molar refractivity (Wildman–Crippen MR) is 16.7 cm³/mol. The molecule has 0 aromatic carbocycles. The number of rotatable bonds is 1. The first-order chi connectivity index (χ1) is 2.27. The van der Waals surface area contributed by atoms with Gasteiger partial charge in [0, 0.05) is 0 Å². The summed E-state index contributed by atoms with van der Waals surface area (Å²) in [6, 6.07) is 0. The molecule has 7 heavy (non-hydrogen) atoms. The second-order valence-corrected chi connectivity index (χ2v) is 0.598. The molecule has 0 saturated heterocycles. The van der Waals surface area contributed by atoms with E-state index in [0.717, 1.165) is 0 Å². The Kier molecular flexibility index (Phi) is 22.6. The standard InChI is InChI=1S/C2H5NO2.FH.K/c3-1-2(4)5;;/h1,3H2,(H,4,5);1H;/q;;+1/p-1. The van der Waals surface area contributed by atoms with E-state index in [1.165, 1.54) is 0 Å². The van der Waals surface area contributed by atoms with Gasteiger partial charge < -0.3 is 15.5 Å². The zero-order valence-electron chi connectivity index (χ0n) is 4.02. The van der Waals surface area contributed by atoms with E-state index >= 15 is 0 Å². The van der Waals surface area contributed by atoms with E-state index in [1.54, 1.807) is 0 Å². The van der Waals surface area contributed by atoms with Crippen LogP contribution in [0.2, 0.25) is 0 Å². The van der Waals surface area contributed by atoms with E-state index in [0.29, 0.717) is 0 Å². The third kappa shape index (κ3) is 19.5. The van der Waals surface area contributed by atoms with Gasteiger partial charge in [-0.3, -0.25) is 4.79 Å². The number of carboxylic acids is 1. The van der Waals surface area contributed by atoms with Crippen molar-refractivity contribution in [3.8, 4) is 0 Å². The Morgan fingerprint density at radius 3 is 1.86 bits per heavy atom. The fourth-order valence-corrected chi connectivity index (χ4v) is 0. The summed E-state index contributed by atoms with van der Waals surface area (Å²) in [5, 5.41) is 7.60. The topological polar surface area (TPSA) is 63.3 Å². The first-order valence-corrected chi connectivity index (χ1v) is 1.19. The Morgan fingerprint density at radius 1 is 1.71 bits per heavy atom. The van der Waals surface area contributed by atoms with Crippen LogP contribution in [-0.4, -0.2) is 17.6 Å².